The van der Waals surface area contributed by atoms with Gasteiger partial charge in [0, 0.05) is 17.3 Å². The third-order valence-electron chi connectivity index (χ3n) is 1.80. The van der Waals surface area contributed by atoms with E-state index in [9.17, 15) is 5.11 Å². The van der Waals surface area contributed by atoms with Crippen LogP contribution in [-0.4, -0.2) is 15.3 Å². The van der Waals surface area contributed by atoms with Gasteiger partial charge in [-0.05, 0) is 6.07 Å². The van der Waals surface area contributed by atoms with Crippen molar-refractivity contribution in [1.82, 2.24) is 10.2 Å². The number of nitrogens with one attached hydrogen (secondary N) is 1. The number of aromatic hydroxyl groups is 1. The number of aromatic amines is 1. The van der Waals surface area contributed by atoms with Crippen LogP contribution in [0, 0.1) is 0 Å². The fraction of sp³-hybridized carbons (Fsp3) is 0. The van der Waals surface area contributed by atoms with E-state index in [-0.39, 0.29) is 5.75 Å². The average molecular weight is 195 g/mol. The first kappa shape index (κ1) is 8.13. The number of aromatic nitrogens is 2. The van der Waals surface area contributed by atoms with Crippen molar-refractivity contribution in [2.24, 2.45) is 0 Å². The number of phenolic OH excluding ortho intramolecular Hbond substituents is 1. The third kappa shape index (κ3) is 1.38. The smallest absolute Gasteiger partial charge is 0.142 e. The van der Waals surface area contributed by atoms with E-state index >= 15 is 0 Å². The zero-order valence-electron chi connectivity index (χ0n) is 6.66. The lowest BCUT2D eigenvalue weighted by atomic mass is 10.1. The second-order valence-corrected chi connectivity index (χ2v) is 3.03. The Morgan fingerprint density at radius 2 is 2.23 bits per heavy atom. The van der Waals surface area contributed by atoms with E-state index in [1.165, 1.54) is 0 Å². The van der Waals surface area contributed by atoms with Gasteiger partial charge in [-0.2, -0.15) is 5.10 Å². The highest BCUT2D eigenvalue weighted by molar-refractivity contribution is 6.32. The molecule has 2 aromatic rings. The van der Waals surface area contributed by atoms with Crippen molar-refractivity contribution in [2.75, 3.05) is 0 Å². The van der Waals surface area contributed by atoms with Crippen LogP contribution in [-0.2, 0) is 0 Å². The summed E-state index contributed by atoms with van der Waals surface area (Å²) in [5.74, 6) is 0.0885. The molecule has 1 aromatic carbocycles. The summed E-state index contributed by atoms with van der Waals surface area (Å²) in [5.41, 5.74) is 1.50. The fourth-order valence-electron chi connectivity index (χ4n) is 1.15. The first-order valence-corrected chi connectivity index (χ1v) is 4.13. The lowest BCUT2D eigenvalue weighted by Crippen LogP contribution is -1.76. The van der Waals surface area contributed by atoms with E-state index in [4.69, 9.17) is 11.6 Å². The number of hydrogen-bond acceptors (Lipinski definition) is 2. The SMILES string of the molecule is Oc1c(Cl)cccc1-c1cn[nH]c1. The predicted molar refractivity (Wildman–Crippen MR) is 50.7 cm³/mol. The Kier molecular flexibility index (Phi) is 1.94. The van der Waals surface area contributed by atoms with E-state index in [1.807, 2.05) is 0 Å². The van der Waals surface area contributed by atoms with E-state index in [0.29, 0.717) is 10.6 Å². The highest BCUT2D eigenvalue weighted by Crippen LogP contribution is 2.34. The zero-order chi connectivity index (χ0) is 9.26. The number of benzene rings is 1. The number of phenols is 1. The Hall–Kier alpha value is -1.48. The van der Waals surface area contributed by atoms with E-state index < -0.39 is 0 Å². The van der Waals surface area contributed by atoms with Gasteiger partial charge in [0.15, 0.2) is 0 Å². The van der Waals surface area contributed by atoms with Crippen molar-refractivity contribution in [3.8, 4) is 16.9 Å². The molecule has 0 bridgehead atoms. The normalized spacial score (nSPS) is 10.2. The number of nitrogens with zero attached hydrogens (tertiary/aromatic N) is 1. The Morgan fingerprint density at radius 3 is 2.92 bits per heavy atom. The van der Waals surface area contributed by atoms with Gasteiger partial charge >= 0.3 is 0 Å². The highest BCUT2D eigenvalue weighted by atomic mass is 35.5. The monoisotopic (exact) mass is 194 g/mol. The summed E-state index contributed by atoms with van der Waals surface area (Å²) < 4.78 is 0. The maximum Gasteiger partial charge on any atom is 0.142 e. The van der Waals surface area contributed by atoms with Crippen molar-refractivity contribution in [2.45, 2.75) is 0 Å². The van der Waals surface area contributed by atoms with E-state index in [2.05, 4.69) is 10.2 Å². The van der Waals surface area contributed by atoms with Crippen LogP contribution in [0.2, 0.25) is 5.02 Å². The van der Waals surface area contributed by atoms with E-state index in [0.717, 1.165) is 5.56 Å². The molecule has 0 aliphatic heterocycles. The summed E-state index contributed by atoms with van der Waals surface area (Å²) in [6, 6.07) is 5.21. The van der Waals surface area contributed by atoms with Crippen LogP contribution in [0.1, 0.15) is 0 Å². The molecule has 0 fully saturated rings. The quantitative estimate of drug-likeness (QED) is 0.733. The molecule has 0 atom stereocenters. The molecule has 2 rings (SSSR count). The summed E-state index contributed by atoms with van der Waals surface area (Å²) in [7, 11) is 0. The number of para-hydroxylation sites is 1. The summed E-state index contributed by atoms with van der Waals surface area (Å²) in [6.07, 6.45) is 3.33. The Morgan fingerprint density at radius 1 is 1.38 bits per heavy atom. The minimum absolute atomic E-state index is 0.0885. The first-order valence-electron chi connectivity index (χ1n) is 3.75. The predicted octanol–water partition coefficient (Wildman–Crippen LogP) is 2.44. The van der Waals surface area contributed by atoms with Crippen molar-refractivity contribution < 1.29 is 5.11 Å². The third-order valence-corrected chi connectivity index (χ3v) is 2.10. The molecule has 0 spiro atoms. The lowest BCUT2D eigenvalue weighted by Gasteiger charge is -2.02. The van der Waals surface area contributed by atoms with Gasteiger partial charge in [-0.15, -0.1) is 0 Å². The molecular formula is C9H7ClN2O. The second kappa shape index (κ2) is 3.11. The van der Waals surface area contributed by atoms with Crippen LogP contribution < -0.4 is 0 Å². The molecule has 0 aliphatic carbocycles. The lowest BCUT2D eigenvalue weighted by molar-refractivity contribution is 0.477. The fourth-order valence-corrected chi connectivity index (χ4v) is 1.32. The van der Waals surface area contributed by atoms with Gasteiger partial charge in [-0.3, -0.25) is 5.10 Å². The van der Waals surface area contributed by atoms with Gasteiger partial charge in [0.2, 0.25) is 0 Å². The van der Waals surface area contributed by atoms with Gasteiger partial charge in [0.25, 0.3) is 0 Å². The minimum Gasteiger partial charge on any atom is -0.506 e. The maximum atomic E-state index is 9.60. The van der Waals surface area contributed by atoms with Crippen LogP contribution in [0.5, 0.6) is 5.75 Å². The molecule has 0 unspecified atom stereocenters. The number of rotatable bonds is 1. The minimum atomic E-state index is 0.0885. The second-order valence-electron chi connectivity index (χ2n) is 2.62. The molecule has 0 radical (unpaired) electrons. The molecule has 0 aliphatic rings. The van der Waals surface area contributed by atoms with Crippen molar-refractivity contribution in [3.05, 3.63) is 35.6 Å². The Balaban J connectivity index is 2.59. The van der Waals surface area contributed by atoms with Gasteiger partial charge < -0.3 is 5.11 Å². The van der Waals surface area contributed by atoms with Gasteiger partial charge in [0.05, 0.1) is 11.2 Å². The van der Waals surface area contributed by atoms with Crippen LogP contribution >= 0.6 is 11.6 Å². The molecule has 2 N–H and O–H groups in total. The van der Waals surface area contributed by atoms with Gasteiger partial charge in [-0.25, -0.2) is 0 Å². The van der Waals surface area contributed by atoms with Crippen molar-refractivity contribution >= 4 is 11.6 Å². The Labute approximate surface area is 80.0 Å². The van der Waals surface area contributed by atoms with Crippen molar-refractivity contribution in [1.29, 1.82) is 0 Å². The van der Waals surface area contributed by atoms with Crippen LogP contribution in [0.15, 0.2) is 30.6 Å². The Bertz CT molecular complexity index is 412. The molecule has 0 saturated carbocycles. The average Bonchev–Trinajstić information content (AvgIpc) is 2.62. The molecule has 13 heavy (non-hydrogen) atoms. The summed E-state index contributed by atoms with van der Waals surface area (Å²) in [5, 5.41) is 16.4. The highest BCUT2D eigenvalue weighted by Gasteiger charge is 2.07. The van der Waals surface area contributed by atoms with Crippen LogP contribution in [0.4, 0.5) is 0 Å². The molecule has 0 saturated heterocycles. The largest absolute Gasteiger partial charge is 0.506 e. The molecular weight excluding hydrogens is 188 g/mol. The standard InChI is InChI=1S/C9H7ClN2O/c10-8-3-1-2-7(9(8)13)6-4-11-12-5-6/h1-5,13H,(H,11,12). The molecule has 4 heteroatoms. The van der Waals surface area contributed by atoms with Crippen LogP contribution in [0.3, 0.4) is 0 Å². The maximum absolute atomic E-state index is 9.60. The van der Waals surface area contributed by atoms with Crippen LogP contribution in [0.25, 0.3) is 11.1 Å². The summed E-state index contributed by atoms with van der Waals surface area (Å²) >= 11 is 5.75. The number of H-pyrrole nitrogens is 1. The molecule has 0 amide bonds. The summed E-state index contributed by atoms with van der Waals surface area (Å²) in [6.45, 7) is 0. The topological polar surface area (TPSA) is 48.9 Å². The molecule has 66 valence electrons. The number of hydrogen-bond donors (Lipinski definition) is 2. The molecule has 1 heterocycles. The summed E-state index contributed by atoms with van der Waals surface area (Å²) in [4.78, 5) is 0. The van der Waals surface area contributed by atoms with Gasteiger partial charge in [-0.1, -0.05) is 23.7 Å². The van der Waals surface area contributed by atoms with E-state index in [1.54, 1.807) is 30.6 Å². The number of halogens is 1. The van der Waals surface area contributed by atoms with Crippen molar-refractivity contribution in [3.63, 3.8) is 0 Å². The first-order chi connectivity index (χ1) is 6.29. The molecule has 1 aromatic heterocycles. The van der Waals surface area contributed by atoms with Gasteiger partial charge in [0.1, 0.15) is 5.75 Å². The zero-order valence-corrected chi connectivity index (χ0v) is 7.42. The molecule has 3 nitrogen and oxygen atoms in total.